The van der Waals surface area contributed by atoms with Gasteiger partial charge < -0.3 is 24.0 Å². The molecule has 3 heterocycles. The second-order valence-electron chi connectivity index (χ2n) is 9.11. The van der Waals surface area contributed by atoms with Crippen LogP contribution in [-0.4, -0.2) is 50.5 Å². The van der Waals surface area contributed by atoms with Gasteiger partial charge in [-0.1, -0.05) is 18.2 Å². The number of fused-ring (bicyclic) bond motifs is 4. The van der Waals surface area contributed by atoms with Crippen molar-refractivity contribution in [2.45, 2.75) is 32.1 Å². The Morgan fingerprint density at radius 3 is 2.48 bits per heavy atom. The van der Waals surface area contributed by atoms with Gasteiger partial charge in [0.2, 0.25) is 0 Å². The lowest BCUT2D eigenvalue weighted by atomic mass is 9.69. The highest BCUT2D eigenvalue weighted by molar-refractivity contribution is 6.04. The van der Waals surface area contributed by atoms with Crippen molar-refractivity contribution in [2.75, 3.05) is 36.5 Å². The fourth-order valence-electron chi connectivity index (χ4n) is 5.21. The van der Waals surface area contributed by atoms with Gasteiger partial charge in [0.15, 0.2) is 5.41 Å². The van der Waals surface area contributed by atoms with Crippen molar-refractivity contribution in [3.05, 3.63) is 53.6 Å². The van der Waals surface area contributed by atoms with Crippen LogP contribution in [0.1, 0.15) is 25.0 Å². The normalized spacial score (nSPS) is 22.5. The zero-order valence-electron chi connectivity index (χ0n) is 18.8. The molecule has 33 heavy (non-hydrogen) atoms. The molecule has 2 saturated heterocycles. The third kappa shape index (κ3) is 3.18. The summed E-state index contributed by atoms with van der Waals surface area (Å²) in [6.45, 7) is 4.66. The predicted octanol–water partition coefficient (Wildman–Crippen LogP) is 2.64. The van der Waals surface area contributed by atoms with E-state index in [1.54, 1.807) is 27.0 Å². The van der Waals surface area contributed by atoms with Crippen LogP contribution in [0.3, 0.4) is 0 Å². The highest BCUT2D eigenvalue weighted by Gasteiger charge is 2.64. The van der Waals surface area contributed by atoms with Gasteiger partial charge in [0.25, 0.3) is 5.79 Å². The van der Waals surface area contributed by atoms with E-state index in [0.717, 1.165) is 16.9 Å². The minimum Gasteiger partial charge on any atom is -0.497 e. The Labute approximate surface area is 192 Å². The number of carbonyl (C=O) groups excluding carboxylic acids is 2. The molecule has 8 heteroatoms. The largest absolute Gasteiger partial charge is 0.497 e. The molecule has 0 aromatic heterocycles. The van der Waals surface area contributed by atoms with Crippen LogP contribution in [0.15, 0.2) is 42.5 Å². The summed E-state index contributed by atoms with van der Waals surface area (Å²) in [7, 11) is 1.61. The highest BCUT2D eigenvalue weighted by atomic mass is 16.7. The Balaban J connectivity index is 1.63. The van der Waals surface area contributed by atoms with E-state index in [4.69, 9.17) is 14.2 Å². The number of piperazine rings is 1. The number of anilines is 2. The van der Waals surface area contributed by atoms with E-state index in [1.165, 1.54) is 0 Å². The number of ether oxygens (including phenoxy) is 3. The molecule has 2 aromatic carbocycles. The molecule has 2 fully saturated rings. The van der Waals surface area contributed by atoms with Gasteiger partial charge in [0, 0.05) is 51.7 Å². The summed E-state index contributed by atoms with van der Waals surface area (Å²) in [4.78, 5) is 31.2. The Morgan fingerprint density at radius 2 is 1.79 bits per heavy atom. The number of hydrogen-bond acceptors (Lipinski definition) is 8. The molecule has 170 valence electrons. The van der Waals surface area contributed by atoms with Gasteiger partial charge in [0.05, 0.1) is 24.4 Å². The molecule has 0 aliphatic carbocycles. The third-order valence-electron chi connectivity index (χ3n) is 6.79. The van der Waals surface area contributed by atoms with Crippen molar-refractivity contribution in [3.8, 4) is 11.8 Å². The smallest absolute Gasteiger partial charge is 0.329 e. The Morgan fingerprint density at radius 1 is 1.06 bits per heavy atom. The summed E-state index contributed by atoms with van der Waals surface area (Å²) in [5.74, 6) is -1.76. The molecule has 1 atom stereocenters. The number of nitriles is 1. The maximum atomic E-state index is 13.5. The first kappa shape index (κ1) is 21.1. The molecule has 0 bridgehead atoms. The molecule has 5 rings (SSSR count). The first-order chi connectivity index (χ1) is 15.8. The molecule has 1 unspecified atom stereocenters. The minimum absolute atomic E-state index is 0.176. The first-order valence-corrected chi connectivity index (χ1v) is 10.9. The third-order valence-corrected chi connectivity index (χ3v) is 6.79. The van der Waals surface area contributed by atoms with Gasteiger partial charge in [-0.3, -0.25) is 9.59 Å². The van der Waals surface area contributed by atoms with Crippen LogP contribution in [0, 0.1) is 16.7 Å². The van der Waals surface area contributed by atoms with Crippen molar-refractivity contribution < 1.29 is 23.8 Å². The number of benzene rings is 2. The van der Waals surface area contributed by atoms with E-state index in [2.05, 4.69) is 15.9 Å². The van der Waals surface area contributed by atoms with E-state index in [-0.39, 0.29) is 6.42 Å². The van der Waals surface area contributed by atoms with E-state index in [1.807, 2.05) is 36.4 Å². The zero-order valence-corrected chi connectivity index (χ0v) is 18.8. The summed E-state index contributed by atoms with van der Waals surface area (Å²) in [5.41, 5.74) is 1.63. The number of methoxy groups -OCH3 is 1. The summed E-state index contributed by atoms with van der Waals surface area (Å²) in [5, 5.41) is 9.60. The lowest BCUT2D eigenvalue weighted by Gasteiger charge is -2.55. The van der Waals surface area contributed by atoms with E-state index < -0.39 is 29.2 Å². The predicted molar refractivity (Wildman–Crippen MR) is 120 cm³/mol. The number of esters is 2. The quantitative estimate of drug-likeness (QED) is 0.513. The van der Waals surface area contributed by atoms with Crippen LogP contribution in [0.25, 0.3) is 0 Å². The van der Waals surface area contributed by atoms with Gasteiger partial charge in [0.1, 0.15) is 11.8 Å². The Kier molecular flexibility index (Phi) is 4.74. The molecule has 0 amide bonds. The highest BCUT2D eigenvalue weighted by Crippen LogP contribution is 2.49. The number of nitrogens with zero attached hydrogens (tertiary/aromatic N) is 3. The fourth-order valence-corrected chi connectivity index (χ4v) is 5.21. The molecular formula is C25H25N3O5. The fraction of sp³-hybridized carbons (Fsp3) is 0.400. The minimum atomic E-state index is -1.50. The van der Waals surface area contributed by atoms with Gasteiger partial charge in [-0.15, -0.1) is 0 Å². The van der Waals surface area contributed by atoms with Crippen molar-refractivity contribution in [1.82, 2.24) is 0 Å². The van der Waals surface area contributed by atoms with Crippen molar-refractivity contribution in [2.24, 2.45) is 5.41 Å². The zero-order chi connectivity index (χ0) is 23.4. The molecule has 8 nitrogen and oxygen atoms in total. The molecular weight excluding hydrogens is 422 g/mol. The maximum absolute atomic E-state index is 13.5. The van der Waals surface area contributed by atoms with Crippen molar-refractivity contribution in [1.29, 1.82) is 5.26 Å². The lowest BCUT2D eigenvalue weighted by molar-refractivity contribution is -0.253. The van der Waals surface area contributed by atoms with Crippen molar-refractivity contribution >= 4 is 23.3 Å². The average molecular weight is 447 g/mol. The maximum Gasteiger partial charge on any atom is 0.329 e. The monoisotopic (exact) mass is 447 g/mol. The number of hydrogen-bond donors (Lipinski definition) is 0. The van der Waals surface area contributed by atoms with E-state index >= 15 is 0 Å². The van der Waals surface area contributed by atoms with Crippen LogP contribution in [0.5, 0.6) is 5.75 Å². The molecule has 1 spiro atoms. The van der Waals surface area contributed by atoms with Crippen LogP contribution in [0.4, 0.5) is 11.4 Å². The Bertz CT molecular complexity index is 1160. The van der Waals surface area contributed by atoms with Crippen molar-refractivity contribution in [3.63, 3.8) is 0 Å². The van der Waals surface area contributed by atoms with Crippen LogP contribution in [-0.2, 0) is 25.5 Å². The number of para-hydroxylation sites is 1. The van der Waals surface area contributed by atoms with Gasteiger partial charge in [-0.05, 0) is 23.8 Å². The summed E-state index contributed by atoms with van der Waals surface area (Å²) in [6.07, 6.45) is 0.176. The Hall–Kier alpha value is -3.73. The van der Waals surface area contributed by atoms with Gasteiger partial charge in [-0.2, -0.15) is 5.26 Å². The van der Waals surface area contributed by atoms with Gasteiger partial charge in [-0.25, -0.2) is 0 Å². The summed E-state index contributed by atoms with van der Waals surface area (Å²) in [6, 6.07) is 14.7. The number of cyclic esters (lactones) is 2. The topological polar surface area (TPSA) is 92.1 Å². The molecule has 0 saturated carbocycles. The second kappa shape index (κ2) is 7.41. The van der Waals surface area contributed by atoms with Crippen LogP contribution >= 0.6 is 0 Å². The number of carbonyl (C=O) groups is 2. The second-order valence-corrected chi connectivity index (χ2v) is 9.11. The first-order valence-electron chi connectivity index (χ1n) is 10.9. The molecule has 0 N–H and O–H groups in total. The van der Waals surface area contributed by atoms with E-state index in [0.29, 0.717) is 30.9 Å². The van der Waals surface area contributed by atoms with Crippen LogP contribution < -0.4 is 14.5 Å². The molecule has 3 aliphatic heterocycles. The number of rotatable bonds is 2. The standard InChI is InChI=1S/C25H25N3O5/c1-24(2)32-22(29)25(23(30)33-24)13-16-8-9-18(31-3)12-20(16)28-11-10-27(15-21(25)28)19-7-5-4-6-17(19)14-26/h4-9,12,21H,10-11,13,15H2,1-3H3. The van der Waals surface area contributed by atoms with E-state index in [9.17, 15) is 14.9 Å². The molecule has 3 aliphatic rings. The molecule has 2 aromatic rings. The van der Waals surface area contributed by atoms with Crippen LogP contribution in [0.2, 0.25) is 0 Å². The summed E-state index contributed by atoms with van der Waals surface area (Å²) < 4.78 is 16.7. The average Bonchev–Trinajstić information content (AvgIpc) is 2.81. The van der Waals surface area contributed by atoms with Gasteiger partial charge >= 0.3 is 11.9 Å². The lowest BCUT2D eigenvalue weighted by Crippen LogP contribution is -2.71. The SMILES string of the molecule is COc1ccc2c(c1)N1CCN(c3ccccc3C#N)CC1C1(C2)C(=O)OC(C)(C)OC1=O. The molecule has 0 radical (unpaired) electrons. The summed E-state index contributed by atoms with van der Waals surface area (Å²) >= 11 is 0.